The molecule has 2 saturated heterocycles. The minimum absolute atomic E-state index is 0.0826. The summed E-state index contributed by atoms with van der Waals surface area (Å²) in [5, 5.41) is 6.12. The van der Waals surface area contributed by atoms with Crippen molar-refractivity contribution < 1.29 is 18.7 Å². The average molecular weight is 407 g/mol. The Labute approximate surface area is 171 Å². The maximum absolute atomic E-state index is 13.0. The summed E-state index contributed by atoms with van der Waals surface area (Å²) in [5.41, 5.74) is 1.10. The molecule has 2 aliphatic rings. The van der Waals surface area contributed by atoms with Crippen LogP contribution in [0, 0.1) is 5.82 Å². The number of ether oxygens (including phenoxy) is 1. The van der Waals surface area contributed by atoms with Gasteiger partial charge in [0.05, 0.1) is 6.61 Å². The highest BCUT2D eigenvalue weighted by atomic mass is 19.1. The molecule has 160 valence electrons. The SMILES string of the molecule is CCOC(=O)N1CCC(NC(=O)NC2CCN(Cc3ccc(F)cc3)CC2)CC1. The van der Waals surface area contributed by atoms with Crippen LogP contribution in [0.25, 0.3) is 0 Å². The Balaban J connectivity index is 1.33. The van der Waals surface area contributed by atoms with Crippen molar-refractivity contribution in [2.45, 2.75) is 51.2 Å². The van der Waals surface area contributed by atoms with Crippen molar-refractivity contribution in [2.24, 2.45) is 0 Å². The van der Waals surface area contributed by atoms with Gasteiger partial charge in [0, 0.05) is 44.8 Å². The van der Waals surface area contributed by atoms with Crippen molar-refractivity contribution in [1.29, 1.82) is 0 Å². The Kier molecular flexibility index (Phi) is 7.69. The van der Waals surface area contributed by atoms with Crippen LogP contribution in [-0.4, -0.2) is 66.8 Å². The Morgan fingerprint density at radius 3 is 2.10 bits per heavy atom. The van der Waals surface area contributed by atoms with Crippen LogP contribution in [0.1, 0.15) is 38.2 Å². The van der Waals surface area contributed by atoms with Gasteiger partial charge in [0.2, 0.25) is 0 Å². The number of nitrogens with zero attached hydrogens (tertiary/aromatic N) is 2. The van der Waals surface area contributed by atoms with Gasteiger partial charge in [0.15, 0.2) is 0 Å². The van der Waals surface area contributed by atoms with Crippen LogP contribution in [0.15, 0.2) is 24.3 Å². The van der Waals surface area contributed by atoms with Crippen molar-refractivity contribution in [3.05, 3.63) is 35.6 Å². The summed E-state index contributed by atoms with van der Waals surface area (Å²) in [7, 11) is 0. The summed E-state index contributed by atoms with van der Waals surface area (Å²) < 4.78 is 18.0. The largest absolute Gasteiger partial charge is 0.450 e. The van der Waals surface area contributed by atoms with Gasteiger partial charge in [-0.15, -0.1) is 0 Å². The molecule has 1 aromatic carbocycles. The highest BCUT2D eigenvalue weighted by Gasteiger charge is 2.26. The lowest BCUT2D eigenvalue weighted by Crippen LogP contribution is -2.52. The number of nitrogens with one attached hydrogen (secondary N) is 2. The zero-order valence-electron chi connectivity index (χ0n) is 17.0. The molecule has 0 bridgehead atoms. The first kappa shape index (κ1) is 21.4. The number of carbonyl (C=O) groups is 2. The molecule has 0 atom stereocenters. The molecule has 0 spiro atoms. The first-order valence-corrected chi connectivity index (χ1v) is 10.5. The van der Waals surface area contributed by atoms with Crippen molar-refractivity contribution >= 4 is 12.1 Å². The van der Waals surface area contributed by atoms with E-state index in [1.54, 1.807) is 11.8 Å². The number of likely N-dealkylation sites (tertiary alicyclic amines) is 2. The van der Waals surface area contributed by atoms with Gasteiger partial charge in [-0.3, -0.25) is 4.90 Å². The molecular formula is C21H31FN4O3. The van der Waals surface area contributed by atoms with Gasteiger partial charge in [0.25, 0.3) is 0 Å². The fourth-order valence-corrected chi connectivity index (χ4v) is 3.92. The van der Waals surface area contributed by atoms with Crippen LogP contribution >= 0.6 is 0 Å². The third-order valence-corrected chi connectivity index (χ3v) is 5.60. The highest BCUT2D eigenvalue weighted by Crippen LogP contribution is 2.15. The first-order chi connectivity index (χ1) is 14.0. The molecule has 3 rings (SSSR count). The monoisotopic (exact) mass is 406 g/mol. The quantitative estimate of drug-likeness (QED) is 0.789. The number of hydrogen-bond donors (Lipinski definition) is 2. The Morgan fingerprint density at radius 2 is 1.55 bits per heavy atom. The van der Waals surface area contributed by atoms with E-state index in [9.17, 15) is 14.0 Å². The maximum Gasteiger partial charge on any atom is 0.409 e. The number of carbonyl (C=O) groups excluding carboxylic acids is 2. The predicted octanol–water partition coefficient (Wildman–Crippen LogP) is 2.71. The standard InChI is InChI=1S/C21H31FN4O3/c1-2-29-21(28)26-13-9-19(10-14-26)24-20(27)23-18-7-11-25(12-8-18)15-16-3-5-17(22)6-4-16/h3-6,18-19H,2,7-15H2,1H3,(H2,23,24,27). The molecule has 29 heavy (non-hydrogen) atoms. The molecule has 1 aromatic rings. The molecule has 7 nitrogen and oxygen atoms in total. The Hall–Kier alpha value is -2.35. The van der Waals surface area contributed by atoms with E-state index in [2.05, 4.69) is 15.5 Å². The third-order valence-electron chi connectivity index (χ3n) is 5.60. The summed E-state index contributed by atoms with van der Waals surface area (Å²) in [5.74, 6) is -0.214. The van der Waals surface area contributed by atoms with Gasteiger partial charge >= 0.3 is 12.1 Å². The molecule has 0 radical (unpaired) electrons. The van der Waals surface area contributed by atoms with Gasteiger partial charge in [-0.05, 0) is 50.3 Å². The normalized spacial score (nSPS) is 19.0. The smallest absolute Gasteiger partial charge is 0.409 e. The lowest BCUT2D eigenvalue weighted by Gasteiger charge is -2.34. The number of rotatable bonds is 5. The minimum Gasteiger partial charge on any atom is -0.450 e. The van der Waals surface area contributed by atoms with Gasteiger partial charge in [0.1, 0.15) is 5.82 Å². The average Bonchev–Trinajstić information content (AvgIpc) is 2.72. The molecule has 0 saturated carbocycles. The van der Waals surface area contributed by atoms with Crippen LogP contribution < -0.4 is 10.6 Å². The molecule has 2 fully saturated rings. The number of halogens is 1. The summed E-state index contributed by atoms with van der Waals surface area (Å²) in [4.78, 5) is 28.1. The molecule has 8 heteroatoms. The molecule has 2 N–H and O–H groups in total. The van der Waals surface area contributed by atoms with E-state index in [1.807, 2.05) is 12.1 Å². The molecule has 2 heterocycles. The summed E-state index contributed by atoms with van der Waals surface area (Å²) >= 11 is 0. The van der Waals surface area contributed by atoms with E-state index < -0.39 is 0 Å². The van der Waals surface area contributed by atoms with E-state index in [0.29, 0.717) is 19.7 Å². The second-order valence-corrected chi connectivity index (χ2v) is 7.75. The lowest BCUT2D eigenvalue weighted by atomic mass is 10.0. The van der Waals surface area contributed by atoms with Crippen molar-refractivity contribution in [2.75, 3.05) is 32.8 Å². The van der Waals surface area contributed by atoms with E-state index in [-0.39, 0.29) is 30.0 Å². The van der Waals surface area contributed by atoms with E-state index in [1.165, 1.54) is 12.1 Å². The van der Waals surface area contributed by atoms with Crippen LogP contribution in [0.2, 0.25) is 0 Å². The van der Waals surface area contributed by atoms with E-state index in [0.717, 1.165) is 50.9 Å². The second-order valence-electron chi connectivity index (χ2n) is 7.75. The van der Waals surface area contributed by atoms with Crippen LogP contribution in [0.5, 0.6) is 0 Å². The molecule has 2 aliphatic heterocycles. The number of piperidine rings is 2. The second kappa shape index (κ2) is 10.4. The van der Waals surface area contributed by atoms with Gasteiger partial charge in [-0.1, -0.05) is 12.1 Å². The Morgan fingerprint density at radius 1 is 1.00 bits per heavy atom. The number of hydrogen-bond acceptors (Lipinski definition) is 4. The lowest BCUT2D eigenvalue weighted by molar-refractivity contribution is 0.0956. The molecule has 3 amide bonds. The molecule has 0 aliphatic carbocycles. The summed E-state index contributed by atoms with van der Waals surface area (Å²) in [6.07, 6.45) is 3.00. The van der Waals surface area contributed by atoms with E-state index >= 15 is 0 Å². The first-order valence-electron chi connectivity index (χ1n) is 10.5. The maximum atomic E-state index is 13.0. The van der Waals surface area contributed by atoms with Crippen LogP contribution in [0.4, 0.5) is 14.0 Å². The topological polar surface area (TPSA) is 73.9 Å². The fourth-order valence-electron chi connectivity index (χ4n) is 3.92. The number of urea groups is 1. The third kappa shape index (κ3) is 6.59. The molecule has 0 aromatic heterocycles. The van der Waals surface area contributed by atoms with Gasteiger partial charge in [-0.25, -0.2) is 14.0 Å². The summed E-state index contributed by atoms with van der Waals surface area (Å²) in [6.45, 7) is 5.99. The number of benzene rings is 1. The minimum atomic E-state index is -0.275. The van der Waals surface area contributed by atoms with Crippen LogP contribution in [0.3, 0.4) is 0 Å². The van der Waals surface area contributed by atoms with Gasteiger partial charge in [-0.2, -0.15) is 0 Å². The predicted molar refractivity (Wildman–Crippen MR) is 108 cm³/mol. The Bertz CT molecular complexity index is 669. The van der Waals surface area contributed by atoms with E-state index in [4.69, 9.17) is 4.74 Å². The van der Waals surface area contributed by atoms with Crippen molar-refractivity contribution in [3.63, 3.8) is 0 Å². The highest BCUT2D eigenvalue weighted by molar-refractivity contribution is 5.74. The zero-order chi connectivity index (χ0) is 20.6. The van der Waals surface area contributed by atoms with Crippen molar-refractivity contribution in [3.8, 4) is 0 Å². The van der Waals surface area contributed by atoms with Gasteiger partial charge < -0.3 is 20.3 Å². The molecular weight excluding hydrogens is 375 g/mol. The number of amides is 3. The summed E-state index contributed by atoms with van der Waals surface area (Å²) in [6, 6.07) is 6.74. The van der Waals surface area contributed by atoms with Crippen LogP contribution in [-0.2, 0) is 11.3 Å². The molecule has 0 unspecified atom stereocenters. The zero-order valence-corrected chi connectivity index (χ0v) is 17.0. The van der Waals surface area contributed by atoms with Crippen molar-refractivity contribution in [1.82, 2.24) is 20.4 Å². The fraction of sp³-hybridized carbons (Fsp3) is 0.619.